The molecule has 4 unspecified atom stereocenters. The second-order valence-corrected chi connectivity index (χ2v) is 7.49. The lowest BCUT2D eigenvalue weighted by Gasteiger charge is -2.26. The fraction of sp³-hybridized carbons (Fsp3) is 0.882. The predicted octanol–water partition coefficient (Wildman–Crippen LogP) is 0.835. The normalized spacial score (nSPS) is 33.0. The Kier molecular flexibility index (Phi) is 5.41. The molecule has 1 aliphatic heterocycles. The molecule has 0 aromatic heterocycles. The molecule has 2 bridgehead atoms. The van der Waals surface area contributed by atoms with Gasteiger partial charge in [-0.05, 0) is 37.5 Å². The standard InChI is InChI=1S/C17H30N4O2/c1-21(2)16(22)10-19-17(18-9-13-5-6-23-11-13)20-15-8-12-3-4-14(15)7-12/h12-15H,3-11H2,1-2H3,(H2,18,19,20). The predicted molar refractivity (Wildman–Crippen MR) is 90.3 cm³/mol. The molecule has 4 atom stereocenters. The molecule has 0 aromatic carbocycles. The quantitative estimate of drug-likeness (QED) is 0.581. The first-order valence-electron chi connectivity index (χ1n) is 8.94. The number of fused-ring (bicyclic) bond motifs is 2. The first kappa shape index (κ1) is 16.6. The summed E-state index contributed by atoms with van der Waals surface area (Å²) >= 11 is 0. The van der Waals surface area contributed by atoms with Gasteiger partial charge in [-0.3, -0.25) is 4.79 Å². The Morgan fingerprint density at radius 2 is 2.13 bits per heavy atom. The molecule has 23 heavy (non-hydrogen) atoms. The topological polar surface area (TPSA) is 66.0 Å². The molecule has 3 rings (SSSR count). The van der Waals surface area contributed by atoms with E-state index < -0.39 is 0 Å². The molecule has 2 N–H and O–H groups in total. The molecular weight excluding hydrogens is 292 g/mol. The number of hydrogen-bond donors (Lipinski definition) is 2. The summed E-state index contributed by atoms with van der Waals surface area (Å²) in [5.74, 6) is 3.05. The summed E-state index contributed by atoms with van der Waals surface area (Å²) < 4.78 is 5.43. The highest BCUT2D eigenvalue weighted by molar-refractivity contribution is 5.85. The molecule has 0 radical (unpaired) electrons. The van der Waals surface area contributed by atoms with Crippen LogP contribution in [0.3, 0.4) is 0 Å². The van der Waals surface area contributed by atoms with Gasteiger partial charge in [-0.2, -0.15) is 0 Å². The highest BCUT2D eigenvalue weighted by atomic mass is 16.5. The Bertz CT molecular complexity index is 446. The van der Waals surface area contributed by atoms with Crippen LogP contribution in [0.1, 0.15) is 32.1 Å². The van der Waals surface area contributed by atoms with Crippen LogP contribution >= 0.6 is 0 Å². The van der Waals surface area contributed by atoms with E-state index >= 15 is 0 Å². The van der Waals surface area contributed by atoms with Gasteiger partial charge in [0.05, 0.1) is 6.61 Å². The van der Waals surface area contributed by atoms with Gasteiger partial charge in [0.1, 0.15) is 6.54 Å². The number of likely N-dealkylation sites (N-methyl/N-ethyl adjacent to an activating group) is 1. The van der Waals surface area contributed by atoms with Crippen molar-refractivity contribution in [3.8, 4) is 0 Å². The molecule has 130 valence electrons. The Balaban J connectivity index is 1.55. The minimum atomic E-state index is 0.0308. The van der Waals surface area contributed by atoms with Crippen molar-refractivity contribution in [2.45, 2.75) is 38.1 Å². The minimum absolute atomic E-state index is 0.0308. The van der Waals surface area contributed by atoms with Crippen LogP contribution < -0.4 is 10.6 Å². The fourth-order valence-electron chi connectivity index (χ4n) is 4.02. The number of carbonyl (C=O) groups is 1. The second kappa shape index (κ2) is 7.51. The second-order valence-electron chi connectivity index (χ2n) is 7.49. The Morgan fingerprint density at radius 3 is 2.74 bits per heavy atom. The summed E-state index contributed by atoms with van der Waals surface area (Å²) in [6, 6.07) is 0.522. The molecular formula is C17H30N4O2. The van der Waals surface area contributed by atoms with Crippen molar-refractivity contribution in [3.63, 3.8) is 0 Å². The first-order valence-corrected chi connectivity index (χ1v) is 8.94. The van der Waals surface area contributed by atoms with E-state index in [2.05, 4.69) is 15.6 Å². The van der Waals surface area contributed by atoms with Gasteiger partial charge in [0, 0.05) is 39.2 Å². The molecule has 3 fully saturated rings. The molecule has 6 heteroatoms. The van der Waals surface area contributed by atoms with E-state index in [0.29, 0.717) is 12.0 Å². The number of aliphatic imine (C=N–C) groups is 1. The molecule has 2 aliphatic carbocycles. The number of hydrogen-bond acceptors (Lipinski definition) is 3. The summed E-state index contributed by atoms with van der Waals surface area (Å²) in [4.78, 5) is 17.9. The Labute approximate surface area is 139 Å². The average molecular weight is 322 g/mol. The summed E-state index contributed by atoms with van der Waals surface area (Å²) in [5, 5.41) is 7.02. The maximum absolute atomic E-state index is 11.8. The van der Waals surface area contributed by atoms with Gasteiger partial charge in [0.25, 0.3) is 0 Å². The minimum Gasteiger partial charge on any atom is -0.381 e. The lowest BCUT2D eigenvalue weighted by atomic mass is 9.95. The highest BCUT2D eigenvalue weighted by Crippen LogP contribution is 2.44. The molecule has 2 saturated carbocycles. The zero-order chi connectivity index (χ0) is 16.2. The monoisotopic (exact) mass is 322 g/mol. The molecule has 3 aliphatic rings. The van der Waals surface area contributed by atoms with Gasteiger partial charge < -0.3 is 20.3 Å². The number of nitrogens with one attached hydrogen (secondary N) is 2. The molecule has 1 heterocycles. The van der Waals surface area contributed by atoms with Crippen molar-refractivity contribution in [1.82, 2.24) is 15.5 Å². The third kappa shape index (κ3) is 4.37. The zero-order valence-corrected chi connectivity index (χ0v) is 14.4. The fourth-order valence-corrected chi connectivity index (χ4v) is 4.02. The molecule has 6 nitrogen and oxygen atoms in total. The van der Waals surface area contributed by atoms with Crippen LogP contribution in [0.5, 0.6) is 0 Å². The first-order chi connectivity index (χ1) is 11.1. The van der Waals surface area contributed by atoms with E-state index in [1.807, 2.05) is 0 Å². The van der Waals surface area contributed by atoms with E-state index in [0.717, 1.165) is 44.0 Å². The van der Waals surface area contributed by atoms with Crippen LogP contribution in [0, 0.1) is 17.8 Å². The van der Waals surface area contributed by atoms with Gasteiger partial charge in [-0.1, -0.05) is 6.42 Å². The van der Waals surface area contributed by atoms with Crippen LogP contribution in [0.4, 0.5) is 0 Å². The van der Waals surface area contributed by atoms with Crippen LogP contribution in [-0.2, 0) is 9.53 Å². The van der Waals surface area contributed by atoms with Crippen molar-refractivity contribution < 1.29 is 9.53 Å². The van der Waals surface area contributed by atoms with Crippen LogP contribution in [0.25, 0.3) is 0 Å². The van der Waals surface area contributed by atoms with Gasteiger partial charge in [0.2, 0.25) is 5.91 Å². The number of amides is 1. The number of carbonyl (C=O) groups excluding carboxylic acids is 1. The van der Waals surface area contributed by atoms with Crippen LogP contribution in [0.2, 0.25) is 0 Å². The summed E-state index contributed by atoms with van der Waals surface area (Å²) in [7, 11) is 3.54. The maximum Gasteiger partial charge on any atom is 0.243 e. The van der Waals surface area contributed by atoms with Crippen LogP contribution in [-0.4, -0.2) is 63.2 Å². The van der Waals surface area contributed by atoms with E-state index in [9.17, 15) is 4.79 Å². The SMILES string of the molecule is CN(C)C(=O)CN=C(NCC1CCOC1)NC1CC2CCC1C2. The number of guanidine groups is 1. The van der Waals surface area contributed by atoms with Gasteiger partial charge in [-0.15, -0.1) is 0 Å². The van der Waals surface area contributed by atoms with Crippen molar-refractivity contribution in [2.24, 2.45) is 22.7 Å². The molecule has 1 amide bonds. The summed E-state index contributed by atoms with van der Waals surface area (Å²) in [6.07, 6.45) is 6.44. The van der Waals surface area contributed by atoms with E-state index in [4.69, 9.17) is 4.74 Å². The van der Waals surface area contributed by atoms with Crippen molar-refractivity contribution in [2.75, 3.05) is 40.4 Å². The van der Waals surface area contributed by atoms with Gasteiger partial charge in [-0.25, -0.2) is 4.99 Å². The van der Waals surface area contributed by atoms with Crippen molar-refractivity contribution in [3.05, 3.63) is 0 Å². The molecule has 1 saturated heterocycles. The largest absolute Gasteiger partial charge is 0.381 e. The third-order valence-corrected chi connectivity index (χ3v) is 5.51. The average Bonchev–Trinajstić information content (AvgIpc) is 3.26. The smallest absolute Gasteiger partial charge is 0.243 e. The summed E-state index contributed by atoms with van der Waals surface area (Å²) in [6.45, 7) is 2.75. The van der Waals surface area contributed by atoms with Crippen LogP contribution in [0.15, 0.2) is 4.99 Å². The number of rotatable bonds is 5. The Morgan fingerprint density at radius 1 is 1.26 bits per heavy atom. The maximum atomic E-state index is 11.8. The zero-order valence-electron chi connectivity index (χ0n) is 14.4. The number of ether oxygens (including phenoxy) is 1. The molecule has 0 spiro atoms. The Hall–Kier alpha value is -1.30. The molecule has 0 aromatic rings. The van der Waals surface area contributed by atoms with E-state index in [1.165, 1.54) is 25.7 Å². The van der Waals surface area contributed by atoms with Crippen molar-refractivity contribution >= 4 is 11.9 Å². The van der Waals surface area contributed by atoms with Crippen molar-refractivity contribution in [1.29, 1.82) is 0 Å². The lowest BCUT2D eigenvalue weighted by molar-refractivity contribution is -0.127. The third-order valence-electron chi connectivity index (χ3n) is 5.51. The van der Waals surface area contributed by atoms with E-state index in [-0.39, 0.29) is 12.5 Å². The highest BCUT2D eigenvalue weighted by Gasteiger charge is 2.39. The van der Waals surface area contributed by atoms with Gasteiger partial charge in [0.15, 0.2) is 5.96 Å². The van der Waals surface area contributed by atoms with E-state index in [1.54, 1.807) is 19.0 Å². The number of nitrogens with zero attached hydrogens (tertiary/aromatic N) is 2. The van der Waals surface area contributed by atoms with Gasteiger partial charge >= 0.3 is 0 Å². The lowest BCUT2D eigenvalue weighted by Crippen LogP contribution is -2.47. The summed E-state index contributed by atoms with van der Waals surface area (Å²) in [5.41, 5.74) is 0.